The van der Waals surface area contributed by atoms with Gasteiger partial charge in [-0.25, -0.2) is 0 Å². The molecule has 2 rings (SSSR count). The molecule has 0 aliphatic heterocycles. The maximum atomic E-state index is 2.31. The molecule has 0 saturated heterocycles. The summed E-state index contributed by atoms with van der Waals surface area (Å²) in [6.07, 6.45) is 5.89. The van der Waals surface area contributed by atoms with Crippen LogP contribution in [0, 0.1) is 18.8 Å². The van der Waals surface area contributed by atoms with Gasteiger partial charge < -0.3 is 0 Å². The van der Waals surface area contributed by atoms with Gasteiger partial charge in [0.1, 0.15) is 0 Å². The van der Waals surface area contributed by atoms with E-state index in [9.17, 15) is 0 Å². The molecule has 10 heavy (non-hydrogen) atoms. The average molecular weight is 130 g/mol. The van der Waals surface area contributed by atoms with Crippen LogP contribution in [0.15, 0.2) is 30.3 Å². The Morgan fingerprint density at radius 3 is 2.50 bits per heavy atom. The highest BCUT2D eigenvalue weighted by atomic mass is 14.3. The van der Waals surface area contributed by atoms with E-state index in [4.69, 9.17) is 0 Å². The monoisotopic (exact) mass is 130 g/mol. The van der Waals surface area contributed by atoms with Crippen molar-refractivity contribution in [2.24, 2.45) is 5.92 Å². The quantitative estimate of drug-likeness (QED) is 0.577. The van der Waals surface area contributed by atoms with Crippen molar-refractivity contribution in [3.63, 3.8) is 0 Å². The van der Waals surface area contributed by atoms with Crippen molar-refractivity contribution < 1.29 is 0 Å². The molecule has 1 aromatic rings. The van der Waals surface area contributed by atoms with E-state index in [1.165, 1.54) is 12.0 Å². The molecule has 0 amide bonds. The highest BCUT2D eigenvalue weighted by Crippen LogP contribution is 2.32. The van der Waals surface area contributed by atoms with Crippen molar-refractivity contribution in [3.8, 4) is 0 Å². The molecule has 0 heterocycles. The maximum Gasteiger partial charge on any atom is -0.00591 e. The summed E-state index contributed by atoms with van der Waals surface area (Å²) in [7, 11) is 0. The SMILES string of the molecule is [CH]1CC1[CH]c1ccccc1. The first-order chi connectivity index (χ1) is 4.95. The van der Waals surface area contributed by atoms with Gasteiger partial charge in [-0.1, -0.05) is 30.3 Å². The Morgan fingerprint density at radius 2 is 1.90 bits per heavy atom. The van der Waals surface area contributed by atoms with Crippen molar-refractivity contribution in [1.29, 1.82) is 0 Å². The fraction of sp³-hybridized carbons (Fsp3) is 0.200. The van der Waals surface area contributed by atoms with Crippen LogP contribution in [0.25, 0.3) is 0 Å². The van der Waals surface area contributed by atoms with Crippen LogP contribution in [0.2, 0.25) is 0 Å². The fourth-order valence-corrected chi connectivity index (χ4v) is 1.03. The summed E-state index contributed by atoms with van der Waals surface area (Å²) in [6, 6.07) is 10.5. The topological polar surface area (TPSA) is 0 Å². The second kappa shape index (κ2) is 2.45. The molecule has 1 aromatic carbocycles. The number of hydrogen-bond acceptors (Lipinski definition) is 0. The summed E-state index contributed by atoms with van der Waals surface area (Å²) < 4.78 is 0. The molecule has 0 bridgehead atoms. The minimum Gasteiger partial charge on any atom is -0.0622 e. The minimum atomic E-state index is 0.766. The van der Waals surface area contributed by atoms with Crippen LogP contribution in [0.1, 0.15) is 12.0 Å². The van der Waals surface area contributed by atoms with Crippen LogP contribution in [-0.2, 0) is 0 Å². The molecule has 50 valence electrons. The molecule has 0 N–H and O–H groups in total. The van der Waals surface area contributed by atoms with E-state index in [0.717, 1.165) is 5.92 Å². The Bertz CT molecular complexity index is 197. The predicted octanol–water partition coefficient (Wildman–Crippen LogP) is 2.46. The smallest absolute Gasteiger partial charge is 0.00591 e. The molecule has 1 aliphatic rings. The van der Waals surface area contributed by atoms with Crippen molar-refractivity contribution >= 4 is 0 Å². The molecule has 1 saturated carbocycles. The highest BCUT2D eigenvalue weighted by molar-refractivity contribution is 5.27. The van der Waals surface area contributed by atoms with E-state index in [2.05, 4.69) is 37.1 Å². The Hall–Kier alpha value is -0.780. The molecule has 1 fully saturated rings. The predicted molar refractivity (Wildman–Crippen MR) is 42.3 cm³/mol. The van der Waals surface area contributed by atoms with Gasteiger partial charge in [-0.3, -0.25) is 0 Å². The third kappa shape index (κ3) is 1.38. The molecule has 0 spiro atoms. The van der Waals surface area contributed by atoms with Gasteiger partial charge in [0.15, 0.2) is 0 Å². The molecule has 1 unspecified atom stereocenters. The van der Waals surface area contributed by atoms with E-state index in [0.29, 0.717) is 0 Å². The molecular weight excluding hydrogens is 120 g/mol. The second-order valence-electron chi connectivity index (χ2n) is 2.71. The van der Waals surface area contributed by atoms with E-state index >= 15 is 0 Å². The highest BCUT2D eigenvalue weighted by Gasteiger charge is 2.21. The van der Waals surface area contributed by atoms with Crippen LogP contribution in [0.4, 0.5) is 0 Å². The number of rotatable bonds is 2. The van der Waals surface area contributed by atoms with E-state index in [1.54, 1.807) is 0 Å². The van der Waals surface area contributed by atoms with Crippen LogP contribution in [0.5, 0.6) is 0 Å². The summed E-state index contributed by atoms with van der Waals surface area (Å²) in [4.78, 5) is 0. The summed E-state index contributed by atoms with van der Waals surface area (Å²) in [5, 5.41) is 0. The summed E-state index contributed by atoms with van der Waals surface area (Å²) >= 11 is 0. The minimum absolute atomic E-state index is 0.766. The zero-order valence-corrected chi connectivity index (χ0v) is 5.83. The van der Waals surface area contributed by atoms with Gasteiger partial charge in [-0.2, -0.15) is 0 Å². The number of hydrogen-bond donors (Lipinski definition) is 0. The summed E-state index contributed by atoms with van der Waals surface area (Å²) in [5.41, 5.74) is 1.35. The zero-order chi connectivity index (χ0) is 6.81. The Morgan fingerprint density at radius 1 is 1.20 bits per heavy atom. The van der Waals surface area contributed by atoms with Crippen LogP contribution in [-0.4, -0.2) is 0 Å². The van der Waals surface area contributed by atoms with E-state index < -0.39 is 0 Å². The third-order valence-corrected chi connectivity index (χ3v) is 1.71. The van der Waals surface area contributed by atoms with Gasteiger partial charge in [0.25, 0.3) is 0 Å². The van der Waals surface area contributed by atoms with Crippen LogP contribution < -0.4 is 0 Å². The van der Waals surface area contributed by atoms with Crippen molar-refractivity contribution in [3.05, 3.63) is 48.7 Å². The zero-order valence-electron chi connectivity index (χ0n) is 5.83. The standard InChI is InChI=1S/C10H10/c1-2-4-9(5-3-1)8-10-6-7-10/h1-6,8,10H,7H2. The summed E-state index contributed by atoms with van der Waals surface area (Å²) in [5.74, 6) is 0.766. The molecule has 1 atom stereocenters. The van der Waals surface area contributed by atoms with E-state index in [-0.39, 0.29) is 0 Å². The molecule has 0 heteroatoms. The number of benzene rings is 1. The largest absolute Gasteiger partial charge is 0.0622 e. The maximum absolute atomic E-state index is 2.31. The van der Waals surface area contributed by atoms with E-state index in [1.807, 2.05) is 6.07 Å². The lowest BCUT2D eigenvalue weighted by molar-refractivity contribution is 1.06. The first kappa shape index (κ1) is 5.96. The Balaban J connectivity index is 2.03. The molecule has 2 radical (unpaired) electrons. The Labute approximate surface area is 61.9 Å². The fourth-order valence-electron chi connectivity index (χ4n) is 1.03. The van der Waals surface area contributed by atoms with Crippen LogP contribution >= 0.6 is 0 Å². The normalized spacial score (nSPS) is 17.2. The lowest BCUT2D eigenvalue weighted by atomic mass is 10.1. The van der Waals surface area contributed by atoms with Gasteiger partial charge in [0, 0.05) is 0 Å². The van der Waals surface area contributed by atoms with Crippen molar-refractivity contribution in [2.75, 3.05) is 0 Å². The van der Waals surface area contributed by atoms with Gasteiger partial charge in [-0.05, 0) is 30.7 Å². The van der Waals surface area contributed by atoms with Gasteiger partial charge in [0.05, 0.1) is 0 Å². The average Bonchev–Trinajstić information content (AvgIpc) is 2.74. The lowest BCUT2D eigenvalue weighted by Gasteiger charge is -1.94. The molecular formula is C10H10. The third-order valence-electron chi connectivity index (χ3n) is 1.71. The van der Waals surface area contributed by atoms with Gasteiger partial charge in [0.2, 0.25) is 0 Å². The first-order valence-electron chi connectivity index (χ1n) is 3.68. The second-order valence-corrected chi connectivity index (χ2v) is 2.71. The van der Waals surface area contributed by atoms with Crippen LogP contribution in [0.3, 0.4) is 0 Å². The van der Waals surface area contributed by atoms with Crippen molar-refractivity contribution in [2.45, 2.75) is 6.42 Å². The van der Waals surface area contributed by atoms with Gasteiger partial charge >= 0.3 is 0 Å². The summed E-state index contributed by atoms with van der Waals surface area (Å²) in [6.45, 7) is 0. The Kier molecular flexibility index (Phi) is 1.46. The van der Waals surface area contributed by atoms with Gasteiger partial charge in [-0.15, -0.1) is 0 Å². The van der Waals surface area contributed by atoms with Crippen molar-refractivity contribution in [1.82, 2.24) is 0 Å². The first-order valence-corrected chi connectivity index (χ1v) is 3.68. The molecule has 0 nitrogen and oxygen atoms in total. The lowest BCUT2D eigenvalue weighted by Crippen LogP contribution is -1.80. The molecule has 0 aromatic heterocycles. The molecule has 1 aliphatic carbocycles.